The van der Waals surface area contributed by atoms with Gasteiger partial charge in [-0.15, -0.1) is 0 Å². The van der Waals surface area contributed by atoms with Crippen LogP contribution in [0.2, 0.25) is 0 Å². The zero-order chi connectivity index (χ0) is 16.8. The highest BCUT2D eigenvalue weighted by Gasteiger charge is 2.15. The van der Waals surface area contributed by atoms with Crippen LogP contribution in [0.4, 0.5) is 0 Å². The van der Waals surface area contributed by atoms with Gasteiger partial charge in [-0.1, -0.05) is 25.3 Å². The monoisotopic (exact) mass is 327 g/mol. The van der Waals surface area contributed by atoms with E-state index in [2.05, 4.69) is 10.6 Å². The average molecular weight is 327 g/mol. The molecule has 1 aromatic rings. The van der Waals surface area contributed by atoms with Gasteiger partial charge in [0.15, 0.2) is 11.5 Å². The van der Waals surface area contributed by atoms with Crippen molar-refractivity contribution in [3.8, 4) is 17.6 Å². The van der Waals surface area contributed by atoms with Gasteiger partial charge in [-0.2, -0.15) is 5.26 Å². The topological polar surface area (TPSA) is 83.4 Å². The summed E-state index contributed by atoms with van der Waals surface area (Å²) in [6.45, 7) is 0.553. The molecular formula is C18H21N3O3. The number of nitrogens with zero attached hydrogens (tertiary/aromatic N) is 1. The van der Waals surface area contributed by atoms with E-state index in [9.17, 15) is 10.1 Å². The minimum atomic E-state index is -0.376. The molecule has 1 aromatic carbocycles. The van der Waals surface area contributed by atoms with Crippen LogP contribution in [-0.2, 0) is 11.3 Å². The first-order valence-corrected chi connectivity index (χ1v) is 8.29. The van der Waals surface area contributed by atoms with Crippen molar-refractivity contribution in [3.63, 3.8) is 0 Å². The molecule has 0 radical (unpaired) electrons. The maximum Gasteiger partial charge on any atom is 0.263 e. The average Bonchev–Trinajstić information content (AvgIpc) is 3.09. The molecule has 126 valence electrons. The lowest BCUT2D eigenvalue weighted by atomic mass is 9.96. The summed E-state index contributed by atoms with van der Waals surface area (Å²) in [4.78, 5) is 12.2. The van der Waals surface area contributed by atoms with Crippen LogP contribution >= 0.6 is 0 Å². The van der Waals surface area contributed by atoms with Crippen molar-refractivity contribution < 1.29 is 14.3 Å². The highest BCUT2D eigenvalue weighted by Crippen LogP contribution is 2.32. The number of benzene rings is 1. The van der Waals surface area contributed by atoms with Crippen molar-refractivity contribution in [2.75, 3.05) is 6.79 Å². The van der Waals surface area contributed by atoms with E-state index in [0.29, 0.717) is 24.1 Å². The lowest BCUT2D eigenvalue weighted by Gasteiger charge is -2.21. The zero-order valence-corrected chi connectivity index (χ0v) is 13.5. The van der Waals surface area contributed by atoms with Crippen LogP contribution in [0.3, 0.4) is 0 Å². The number of hydrogen-bond acceptors (Lipinski definition) is 5. The zero-order valence-electron chi connectivity index (χ0n) is 13.5. The molecule has 0 bridgehead atoms. The van der Waals surface area contributed by atoms with Gasteiger partial charge in [-0.05, 0) is 30.5 Å². The maximum atomic E-state index is 12.2. The predicted octanol–water partition coefficient (Wildman–Crippen LogP) is 2.36. The third kappa shape index (κ3) is 3.99. The van der Waals surface area contributed by atoms with Gasteiger partial charge in [0.25, 0.3) is 5.91 Å². The van der Waals surface area contributed by atoms with Crippen LogP contribution < -0.4 is 20.1 Å². The van der Waals surface area contributed by atoms with Crippen LogP contribution in [-0.4, -0.2) is 18.7 Å². The Morgan fingerprint density at radius 1 is 1.25 bits per heavy atom. The van der Waals surface area contributed by atoms with E-state index in [-0.39, 0.29) is 18.3 Å². The quantitative estimate of drug-likeness (QED) is 0.641. The fourth-order valence-electron chi connectivity index (χ4n) is 2.95. The second kappa shape index (κ2) is 7.73. The first kappa shape index (κ1) is 16.2. The number of amides is 1. The van der Waals surface area contributed by atoms with E-state index in [1.54, 1.807) is 6.20 Å². The van der Waals surface area contributed by atoms with Gasteiger partial charge in [0.2, 0.25) is 6.79 Å². The second-order valence-corrected chi connectivity index (χ2v) is 6.04. The number of nitrogens with one attached hydrogen (secondary N) is 2. The summed E-state index contributed by atoms with van der Waals surface area (Å²) in [7, 11) is 0. The van der Waals surface area contributed by atoms with Crippen molar-refractivity contribution in [1.29, 1.82) is 5.26 Å². The Balaban J connectivity index is 1.53. The van der Waals surface area contributed by atoms with Gasteiger partial charge < -0.3 is 20.1 Å². The largest absolute Gasteiger partial charge is 0.454 e. The summed E-state index contributed by atoms with van der Waals surface area (Å²) >= 11 is 0. The molecule has 0 aromatic heterocycles. The Morgan fingerprint density at radius 2 is 2.04 bits per heavy atom. The summed E-state index contributed by atoms with van der Waals surface area (Å²) in [6, 6.07) is 7.84. The van der Waals surface area contributed by atoms with Crippen molar-refractivity contribution in [2.24, 2.45) is 0 Å². The fourth-order valence-corrected chi connectivity index (χ4v) is 2.95. The van der Waals surface area contributed by atoms with E-state index in [4.69, 9.17) is 9.47 Å². The number of hydrogen-bond donors (Lipinski definition) is 2. The summed E-state index contributed by atoms with van der Waals surface area (Å²) in [6.07, 6.45) is 7.39. The van der Waals surface area contributed by atoms with Crippen molar-refractivity contribution in [2.45, 2.75) is 44.7 Å². The summed E-state index contributed by atoms with van der Waals surface area (Å²) < 4.78 is 10.6. The molecule has 1 heterocycles. The first-order valence-electron chi connectivity index (χ1n) is 8.29. The maximum absolute atomic E-state index is 12.2. The molecule has 2 aliphatic rings. The van der Waals surface area contributed by atoms with E-state index < -0.39 is 0 Å². The number of rotatable bonds is 5. The molecule has 1 amide bonds. The van der Waals surface area contributed by atoms with Crippen LogP contribution in [0, 0.1) is 11.3 Å². The molecule has 1 fully saturated rings. The Labute approximate surface area is 141 Å². The Kier molecular flexibility index (Phi) is 5.22. The number of ether oxygens (including phenoxy) is 2. The molecule has 0 unspecified atom stereocenters. The van der Waals surface area contributed by atoms with Crippen molar-refractivity contribution in [3.05, 3.63) is 35.5 Å². The highest BCUT2D eigenvalue weighted by molar-refractivity contribution is 5.97. The van der Waals surface area contributed by atoms with Gasteiger partial charge in [-0.3, -0.25) is 4.79 Å². The summed E-state index contributed by atoms with van der Waals surface area (Å²) in [5.41, 5.74) is 0.992. The molecule has 24 heavy (non-hydrogen) atoms. The van der Waals surface area contributed by atoms with E-state index in [0.717, 1.165) is 18.4 Å². The summed E-state index contributed by atoms with van der Waals surface area (Å²) in [5, 5.41) is 15.2. The Hall–Kier alpha value is -2.68. The molecule has 0 atom stereocenters. The standard InChI is InChI=1S/C18H21N3O3/c19-9-14(11-20-15-4-2-1-3-5-15)18(22)21-10-13-6-7-16-17(8-13)24-12-23-16/h6-8,11,15,20H,1-5,10,12H2,(H,21,22)/b14-11-. The molecule has 0 saturated heterocycles. The lowest BCUT2D eigenvalue weighted by molar-refractivity contribution is -0.117. The molecule has 1 aliphatic heterocycles. The Morgan fingerprint density at radius 3 is 2.83 bits per heavy atom. The highest BCUT2D eigenvalue weighted by atomic mass is 16.7. The van der Waals surface area contributed by atoms with Gasteiger partial charge >= 0.3 is 0 Å². The minimum absolute atomic E-state index is 0.0984. The van der Waals surface area contributed by atoms with E-state index in [1.807, 2.05) is 24.3 Å². The molecular weight excluding hydrogens is 306 g/mol. The molecule has 1 aliphatic carbocycles. The second-order valence-electron chi connectivity index (χ2n) is 6.04. The number of carbonyl (C=O) groups excluding carboxylic acids is 1. The number of fused-ring (bicyclic) bond motifs is 1. The molecule has 6 heteroatoms. The third-order valence-corrected chi connectivity index (χ3v) is 4.32. The predicted molar refractivity (Wildman–Crippen MR) is 88.1 cm³/mol. The molecule has 2 N–H and O–H groups in total. The van der Waals surface area contributed by atoms with Gasteiger partial charge in [0, 0.05) is 18.8 Å². The van der Waals surface area contributed by atoms with Gasteiger partial charge in [0.1, 0.15) is 11.6 Å². The molecule has 3 rings (SSSR count). The third-order valence-electron chi connectivity index (χ3n) is 4.32. The molecule has 0 spiro atoms. The van der Waals surface area contributed by atoms with Gasteiger partial charge in [-0.25, -0.2) is 0 Å². The van der Waals surface area contributed by atoms with Crippen LogP contribution in [0.25, 0.3) is 0 Å². The van der Waals surface area contributed by atoms with Crippen LogP contribution in [0.15, 0.2) is 30.0 Å². The first-order chi connectivity index (χ1) is 11.8. The smallest absolute Gasteiger partial charge is 0.263 e. The normalized spacial score (nSPS) is 17.2. The Bertz CT molecular complexity index is 673. The lowest BCUT2D eigenvalue weighted by Crippen LogP contribution is -2.29. The fraction of sp³-hybridized carbons (Fsp3) is 0.444. The minimum Gasteiger partial charge on any atom is -0.454 e. The number of carbonyl (C=O) groups is 1. The van der Waals surface area contributed by atoms with Crippen LogP contribution in [0.1, 0.15) is 37.7 Å². The summed E-state index contributed by atoms with van der Waals surface area (Å²) in [5.74, 6) is 1.01. The van der Waals surface area contributed by atoms with Crippen molar-refractivity contribution in [1.82, 2.24) is 10.6 Å². The van der Waals surface area contributed by atoms with Crippen molar-refractivity contribution >= 4 is 5.91 Å². The van der Waals surface area contributed by atoms with Crippen LogP contribution in [0.5, 0.6) is 11.5 Å². The molecule has 6 nitrogen and oxygen atoms in total. The molecule has 1 saturated carbocycles. The van der Waals surface area contributed by atoms with E-state index in [1.165, 1.54) is 19.3 Å². The number of nitriles is 1. The van der Waals surface area contributed by atoms with Gasteiger partial charge in [0.05, 0.1) is 0 Å². The SMILES string of the molecule is N#C/C(=C/NC1CCCCC1)C(=O)NCc1ccc2c(c1)OCO2. The van der Waals surface area contributed by atoms with E-state index >= 15 is 0 Å².